The average molecular weight is 371 g/mol. The highest BCUT2D eigenvalue weighted by atomic mass is 35.5. The fourth-order valence-electron chi connectivity index (χ4n) is 2.34. The molecule has 2 aromatic heterocycles. The minimum atomic E-state index is -4.50. The van der Waals surface area contributed by atoms with Gasteiger partial charge in [0.25, 0.3) is 0 Å². The van der Waals surface area contributed by atoms with Crippen molar-refractivity contribution < 1.29 is 17.6 Å². The SMILES string of the molecule is Cn1cc(C(F)(F)F)nc1-c1ccc(Cc2nc(Cl)ncc2F)cc1. The number of hydrogen-bond acceptors (Lipinski definition) is 3. The summed E-state index contributed by atoms with van der Waals surface area (Å²) < 4.78 is 53.2. The van der Waals surface area contributed by atoms with Crippen molar-refractivity contribution in [2.75, 3.05) is 0 Å². The Kier molecular flexibility index (Phi) is 4.47. The van der Waals surface area contributed by atoms with Crippen LogP contribution in [0.3, 0.4) is 0 Å². The molecule has 9 heteroatoms. The fraction of sp³-hybridized carbons (Fsp3) is 0.188. The zero-order valence-electron chi connectivity index (χ0n) is 12.8. The van der Waals surface area contributed by atoms with Crippen LogP contribution < -0.4 is 0 Å². The molecule has 0 amide bonds. The van der Waals surface area contributed by atoms with Gasteiger partial charge in [0.05, 0.1) is 11.9 Å². The number of aryl methyl sites for hydroxylation is 1. The maximum atomic E-state index is 13.7. The zero-order valence-corrected chi connectivity index (χ0v) is 13.6. The number of imidazole rings is 1. The normalized spacial score (nSPS) is 11.8. The largest absolute Gasteiger partial charge is 0.434 e. The molecule has 3 aromatic rings. The van der Waals surface area contributed by atoms with Gasteiger partial charge < -0.3 is 4.57 Å². The van der Waals surface area contributed by atoms with E-state index in [9.17, 15) is 17.6 Å². The third-order valence-electron chi connectivity index (χ3n) is 3.54. The molecule has 0 unspecified atom stereocenters. The Balaban J connectivity index is 1.86. The topological polar surface area (TPSA) is 43.6 Å². The Bertz CT molecular complexity index is 903. The highest BCUT2D eigenvalue weighted by molar-refractivity contribution is 6.28. The van der Waals surface area contributed by atoms with Crippen LogP contribution in [0.25, 0.3) is 11.4 Å². The van der Waals surface area contributed by atoms with Gasteiger partial charge in [-0.25, -0.2) is 19.3 Å². The number of nitrogens with zero attached hydrogens (tertiary/aromatic N) is 4. The van der Waals surface area contributed by atoms with Crippen molar-refractivity contribution in [1.82, 2.24) is 19.5 Å². The molecule has 2 heterocycles. The minimum absolute atomic E-state index is 0.0549. The summed E-state index contributed by atoms with van der Waals surface area (Å²) in [4.78, 5) is 11.0. The van der Waals surface area contributed by atoms with Gasteiger partial charge in [0.2, 0.25) is 5.28 Å². The van der Waals surface area contributed by atoms with Crippen LogP contribution in [0.4, 0.5) is 17.6 Å². The lowest BCUT2D eigenvalue weighted by Crippen LogP contribution is -2.04. The van der Waals surface area contributed by atoms with Crippen molar-refractivity contribution in [3.05, 3.63) is 64.7 Å². The molecule has 4 nitrogen and oxygen atoms in total. The highest BCUT2D eigenvalue weighted by Gasteiger charge is 2.34. The lowest BCUT2D eigenvalue weighted by molar-refractivity contribution is -0.140. The molecule has 130 valence electrons. The first-order valence-electron chi connectivity index (χ1n) is 7.11. The number of aromatic nitrogens is 4. The lowest BCUT2D eigenvalue weighted by atomic mass is 10.1. The molecule has 0 N–H and O–H groups in total. The van der Waals surface area contributed by atoms with Crippen LogP contribution in [0.2, 0.25) is 5.28 Å². The van der Waals surface area contributed by atoms with Crippen molar-refractivity contribution in [3.63, 3.8) is 0 Å². The predicted octanol–water partition coefficient (Wildman–Crippen LogP) is 4.28. The Morgan fingerprint density at radius 1 is 1.12 bits per heavy atom. The third-order valence-corrected chi connectivity index (χ3v) is 3.72. The average Bonchev–Trinajstić information content (AvgIpc) is 2.94. The molecule has 0 aliphatic heterocycles. The van der Waals surface area contributed by atoms with E-state index < -0.39 is 17.7 Å². The number of benzene rings is 1. The molecule has 0 aliphatic carbocycles. The van der Waals surface area contributed by atoms with Crippen LogP contribution in [-0.4, -0.2) is 19.5 Å². The summed E-state index contributed by atoms with van der Waals surface area (Å²) in [6.45, 7) is 0. The van der Waals surface area contributed by atoms with Gasteiger partial charge in [-0.3, -0.25) is 0 Å². The smallest absolute Gasteiger partial charge is 0.333 e. The van der Waals surface area contributed by atoms with E-state index in [-0.39, 0.29) is 23.2 Å². The van der Waals surface area contributed by atoms with Gasteiger partial charge in [0.15, 0.2) is 11.5 Å². The Morgan fingerprint density at radius 2 is 1.80 bits per heavy atom. The van der Waals surface area contributed by atoms with Crippen molar-refractivity contribution in [3.8, 4) is 11.4 Å². The molecule has 0 aliphatic rings. The molecule has 0 spiro atoms. The number of alkyl halides is 3. The van der Waals surface area contributed by atoms with Gasteiger partial charge in [-0.15, -0.1) is 0 Å². The molecule has 25 heavy (non-hydrogen) atoms. The summed E-state index contributed by atoms with van der Waals surface area (Å²) in [6.07, 6.45) is -2.39. The first-order valence-corrected chi connectivity index (χ1v) is 7.48. The van der Waals surface area contributed by atoms with E-state index in [0.29, 0.717) is 5.56 Å². The van der Waals surface area contributed by atoms with Gasteiger partial charge in [-0.2, -0.15) is 13.2 Å². The highest BCUT2D eigenvalue weighted by Crippen LogP contribution is 2.30. The second kappa shape index (κ2) is 6.44. The summed E-state index contributed by atoms with van der Waals surface area (Å²) >= 11 is 5.65. The van der Waals surface area contributed by atoms with E-state index in [2.05, 4.69) is 15.0 Å². The third kappa shape index (κ3) is 3.79. The van der Waals surface area contributed by atoms with Crippen LogP contribution in [0.5, 0.6) is 0 Å². The molecular formula is C16H11ClF4N4. The summed E-state index contributed by atoms with van der Waals surface area (Å²) in [5, 5.41) is -0.0549. The quantitative estimate of drug-likeness (QED) is 0.510. The molecule has 1 aromatic carbocycles. The van der Waals surface area contributed by atoms with E-state index in [1.54, 1.807) is 24.3 Å². The first-order chi connectivity index (χ1) is 11.7. The zero-order chi connectivity index (χ0) is 18.2. The maximum absolute atomic E-state index is 13.7. The van der Waals surface area contributed by atoms with Crippen LogP contribution in [0.15, 0.2) is 36.7 Å². The molecule has 0 atom stereocenters. The minimum Gasteiger partial charge on any atom is -0.333 e. The lowest BCUT2D eigenvalue weighted by Gasteiger charge is -2.05. The Hall–Kier alpha value is -2.48. The number of rotatable bonds is 3. The summed E-state index contributed by atoms with van der Waals surface area (Å²) in [5.41, 5.74) is 0.432. The van der Waals surface area contributed by atoms with Gasteiger partial charge in [-0.05, 0) is 17.2 Å². The van der Waals surface area contributed by atoms with E-state index >= 15 is 0 Å². The molecular weight excluding hydrogens is 360 g/mol. The van der Waals surface area contributed by atoms with Crippen molar-refractivity contribution >= 4 is 11.6 Å². The second-order valence-corrected chi connectivity index (χ2v) is 5.70. The van der Waals surface area contributed by atoms with Crippen LogP contribution in [0, 0.1) is 5.82 Å². The number of halogens is 5. The van der Waals surface area contributed by atoms with Crippen LogP contribution in [-0.2, 0) is 19.6 Å². The Labute approximate surface area is 145 Å². The van der Waals surface area contributed by atoms with Gasteiger partial charge in [-0.1, -0.05) is 24.3 Å². The monoisotopic (exact) mass is 370 g/mol. The van der Waals surface area contributed by atoms with E-state index in [4.69, 9.17) is 11.6 Å². The van der Waals surface area contributed by atoms with Gasteiger partial charge in [0.1, 0.15) is 5.82 Å². The molecule has 0 bridgehead atoms. The van der Waals surface area contributed by atoms with Crippen molar-refractivity contribution in [2.24, 2.45) is 7.05 Å². The maximum Gasteiger partial charge on any atom is 0.434 e. The molecule has 3 rings (SSSR count). The van der Waals surface area contributed by atoms with Gasteiger partial charge >= 0.3 is 6.18 Å². The Morgan fingerprint density at radius 3 is 2.40 bits per heavy atom. The molecule has 0 radical (unpaired) electrons. The summed E-state index contributed by atoms with van der Waals surface area (Å²) in [6, 6.07) is 6.59. The molecule has 0 saturated heterocycles. The molecule has 0 saturated carbocycles. The summed E-state index contributed by atoms with van der Waals surface area (Å²) in [7, 11) is 1.49. The van der Waals surface area contributed by atoms with Crippen LogP contribution >= 0.6 is 11.6 Å². The van der Waals surface area contributed by atoms with E-state index in [1.165, 1.54) is 11.6 Å². The molecule has 0 fully saturated rings. The number of hydrogen-bond donors (Lipinski definition) is 0. The second-order valence-electron chi connectivity index (χ2n) is 5.37. The fourth-order valence-corrected chi connectivity index (χ4v) is 2.49. The van der Waals surface area contributed by atoms with E-state index in [1.807, 2.05) is 0 Å². The first kappa shape index (κ1) is 17.3. The summed E-state index contributed by atoms with van der Waals surface area (Å²) in [5.74, 6) is -0.387. The predicted molar refractivity (Wildman–Crippen MR) is 83.5 cm³/mol. The van der Waals surface area contributed by atoms with Gasteiger partial charge in [0, 0.05) is 25.2 Å². The standard InChI is InChI=1S/C16H11ClF4N4/c1-25-8-13(16(19,20)21)24-14(25)10-4-2-9(3-5-10)6-12-11(18)7-22-15(17)23-12/h2-5,7-8H,6H2,1H3. The van der Waals surface area contributed by atoms with Crippen molar-refractivity contribution in [2.45, 2.75) is 12.6 Å². The van der Waals surface area contributed by atoms with Crippen molar-refractivity contribution in [1.29, 1.82) is 0 Å². The van der Waals surface area contributed by atoms with E-state index in [0.717, 1.165) is 18.0 Å². The van der Waals surface area contributed by atoms with Crippen LogP contribution in [0.1, 0.15) is 17.0 Å².